The Kier molecular flexibility index (Phi) is 18.1. The van der Waals surface area contributed by atoms with E-state index in [0.717, 1.165) is 65.6 Å². The number of aromatic nitrogens is 4. The van der Waals surface area contributed by atoms with E-state index < -0.39 is 60.4 Å². The van der Waals surface area contributed by atoms with Crippen molar-refractivity contribution < 1.29 is 77.9 Å². The molecule has 6 aliphatic rings. The summed E-state index contributed by atoms with van der Waals surface area (Å²) in [6, 6.07) is 21.5. The fourth-order valence-electron chi connectivity index (χ4n) is 14.9. The number of pyridine rings is 1. The Bertz CT molecular complexity index is 3730. The van der Waals surface area contributed by atoms with Gasteiger partial charge in [-0.15, -0.1) is 0 Å². The van der Waals surface area contributed by atoms with E-state index in [0.29, 0.717) is 59.3 Å². The monoisotopic (exact) mass is 1260 g/mol. The van der Waals surface area contributed by atoms with Gasteiger partial charge in [0.25, 0.3) is 5.91 Å². The average molecular weight is 1260 g/mol. The molecule has 27 nitrogen and oxygen atoms in total. The fraction of sp³-hybridized carbons (Fsp3) is 0.484. The van der Waals surface area contributed by atoms with E-state index in [1.165, 1.54) is 28.4 Å². The largest absolute Gasteiger partial charge is 0.489 e. The standard InChI is InChI=1S/C62H71N11O16S/c1-35-40(38-13-15-46(68-47(38)53(78)79)72-18-16-37-8-7-9-39(41(37)26-72)52(77)69-56-66-43-10-5-6-11-45(43)90-56)25-65-73(35)34-61-29-59(2)28-60(3,30-61)32-62(31-59,33-61)87-21-19-71(4)58(83)86-27-36-12-14-42(44(24-36)85-23-22-84-20-17-64-70-63)67-57(82)89-55-50(76)48(74)49(75)51(88-55)54(80)81/h5-15,24-25,48-51,55,74-76H,16-23,26-34H2,1-4H3,(H,67,82)(H,78,79)(H,80,81)(H,66,69,77)/t48-,49-,50+,51-,55-,59?,60?,61?,62?/m0/s1. The quantitative estimate of drug-likeness (QED) is 0.0138. The summed E-state index contributed by atoms with van der Waals surface area (Å²) in [5.41, 5.74) is 13.4. The van der Waals surface area contributed by atoms with Gasteiger partial charge >= 0.3 is 24.1 Å². The zero-order valence-corrected chi connectivity index (χ0v) is 50.9. The highest BCUT2D eigenvalue weighted by Crippen LogP contribution is 2.72. The van der Waals surface area contributed by atoms with Gasteiger partial charge in [-0.1, -0.05) is 60.6 Å². The van der Waals surface area contributed by atoms with Gasteiger partial charge < -0.3 is 63.8 Å². The first-order chi connectivity index (χ1) is 43.0. The summed E-state index contributed by atoms with van der Waals surface area (Å²) in [5.74, 6) is -2.54. The third-order valence-corrected chi connectivity index (χ3v) is 18.6. The predicted octanol–water partition coefficient (Wildman–Crippen LogP) is 7.93. The number of azide groups is 1. The van der Waals surface area contributed by atoms with Crippen LogP contribution in [0.4, 0.5) is 26.2 Å². The molecular weight excluding hydrogens is 1190 g/mol. The van der Waals surface area contributed by atoms with Crippen LogP contribution in [0.1, 0.15) is 95.6 Å². The minimum absolute atomic E-state index is 0.0234. The maximum atomic E-state index is 13.8. The minimum atomic E-state index is -2.01. The molecule has 1 saturated heterocycles. The van der Waals surface area contributed by atoms with Crippen LogP contribution in [0, 0.1) is 23.2 Å². The number of carboxylic acid groups (broad SMARTS) is 2. The highest BCUT2D eigenvalue weighted by Gasteiger charge is 2.66. The second kappa shape index (κ2) is 25.8. The Labute approximate surface area is 520 Å². The number of ether oxygens (including phenoxy) is 6. The Morgan fingerprint density at radius 2 is 1.67 bits per heavy atom. The molecule has 6 aromatic rings. The number of aliphatic hydroxyl groups excluding tert-OH is 3. The smallest absolute Gasteiger partial charge is 0.414 e. The number of carbonyl (C=O) groups excluding carboxylic acids is 3. The normalized spacial score (nSPS) is 25.6. The lowest BCUT2D eigenvalue weighted by atomic mass is 9.39. The second-order valence-corrected chi connectivity index (χ2v) is 26.0. The van der Waals surface area contributed by atoms with Gasteiger partial charge in [0.1, 0.15) is 43.1 Å². The predicted molar refractivity (Wildman–Crippen MR) is 325 cm³/mol. The van der Waals surface area contributed by atoms with Crippen molar-refractivity contribution in [3.05, 3.63) is 123 Å². The maximum absolute atomic E-state index is 13.8. The first kappa shape index (κ1) is 63.1. The van der Waals surface area contributed by atoms with Crippen molar-refractivity contribution in [3.8, 4) is 16.9 Å². The van der Waals surface area contributed by atoms with Gasteiger partial charge in [-0.25, -0.2) is 29.1 Å². The van der Waals surface area contributed by atoms with Crippen LogP contribution >= 0.6 is 11.3 Å². The zero-order chi connectivity index (χ0) is 63.7. The van der Waals surface area contributed by atoms with Gasteiger partial charge in [0, 0.05) is 67.1 Å². The molecule has 0 radical (unpaired) electrons. The number of nitrogens with zero attached hydrogens (tertiary/aromatic N) is 9. The average Bonchev–Trinajstić information content (AvgIpc) is 0.717. The molecule has 7 atom stereocenters. The van der Waals surface area contributed by atoms with E-state index in [9.17, 15) is 49.5 Å². The van der Waals surface area contributed by atoms with Crippen LogP contribution in [0.15, 0.2) is 84.1 Å². The van der Waals surface area contributed by atoms with Crippen LogP contribution in [0.5, 0.6) is 5.75 Å². The second-order valence-electron chi connectivity index (χ2n) is 24.9. The van der Waals surface area contributed by atoms with E-state index >= 15 is 0 Å². The third-order valence-electron chi connectivity index (χ3n) is 17.7. The molecular formula is C62H71N11O16S. The highest BCUT2D eigenvalue weighted by molar-refractivity contribution is 7.22. The number of nitrogens with one attached hydrogen (secondary N) is 2. The summed E-state index contributed by atoms with van der Waals surface area (Å²) in [6.07, 6.45) is -3.99. The number of aliphatic hydroxyl groups is 3. The summed E-state index contributed by atoms with van der Waals surface area (Å²) in [7, 11) is 1.62. The zero-order valence-electron chi connectivity index (χ0n) is 50.1. The van der Waals surface area contributed by atoms with E-state index in [2.05, 4.69) is 39.5 Å². The number of fused-ring (bicyclic) bond motifs is 2. The van der Waals surface area contributed by atoms with Gasteiger partial charge in [0.2, 0.25) is 6.29 Å². The molecule has 5 heterocycles. The Morgan fingerprint density at radius 1 is 0.878 bits per heavy atom. The van der Waals surface area contributed by atoms with Crippen molar-refractivity contribution >= 4 is 68.2 Å². The lowest BCUT2D eigenvalue weighted by Gasteiger charge is -2.69. The molecule has 2 unspecified atom stereocenters. The minimum Gasteiger partial charge on any atom is -0.489 e. The third kappa shape index (κ3) is 13.5. The number of carbonyl (C=O) groups is 5. The number of benzene rings is 3. The molecule has 0 spiro atoms. The number of thiazole rings is 1. The van der Waals surface area contributed by atoms with Gasteiger partial charge in [-0.2, -0.15) is 5.10 Å². The summed E-state index contributed by atoms with van der Waals surface area (Å²) < 4.78 is 37.1. The lowest BCUT2D eigenvalue weighted by Crippen LogP contribution is -2.64. The molecule has 5 fully saturated rings. The molecule has 4 saturated carbocycles. The van der Waals surface area contributed by atoms with Crippen molar-refractivity contribution in [1.82, 2.24) is 24.6 Å². The molecule has 2 aliphatic heterocycles. The SMILES string of the molecule is Cc1c(-c2ccc(N3CCc4cccc(C(=O)Nc5nc6ccccc6s5)c4C3)nc2C(=O)O)cnn1CC12CC3(C)CC(C)(C1)CC(OCCN(C)C(=O)OCc1ccc(NC(=O)O[C@@H]4O[C@H](C(=O)O)[C@@H](O)[C@H](O)[C@H]4O)c(OCCOCCN=[N+]=[N-])c1)(C3)C2. The number of para-hydroxylation sites is 1. The Balaban J connectivity index is 0.716. The van der Waals surface area contributed by atoms with E-state index in [1.807, 2.05) is 59.0 Å². The number of anilines is 3. The summed E-state index contributed by atoms with van der Waals surface area (Å²) in [4.78, 5) is 80.5. The number of rotatable bonds is 23. The molecule has 4 aliphatic carbocycles. The summed E-state index contributed by atoms with van der Waals surface area (Å²) in [5, 5.41) is 65.0. The van der Waals surface area contributed by atoms with Crippen LogP contribution in [-0.4, -0.2) is 170 Å². The molecule has 7 N–H and O–H groups in total. The van der Waals surface area contributed by atoms with Crippen LogP contribution in [0.2, 0.25) is 0 Å². The van der Waals surface area contributed by atoms with E-state index in [-0.39, 0.29) is 85.4 Å². The van der Waals surface area contributed by atoms with Crippen molar-refractivity contribution in [1.29, 1.82) is 0 Å². The van der Waals surface area contributed by atoms with E-state index in [4.69, 9.17) is 44.0 Å². The van der Waals surface area contributed by atoms with Crippen LogP contribution in [0.3, 0.4) is 0 Å². The number of aromatic carboxylic acids is 1. The highest BCUT2D eigenvalue weighted by atomic mass is 32.1. The number of hydrogen-bond acceptors (Lipinski definition) is 20. The number of carboxylic acids is 2. The number of aliphatic carboxylic acids is 1. The molecule has 12 rings (SSSR count). The van der Waals surface area contributed by atoms with Gasteiger partial charge in [0.15, 0.2) is 16.9 Å². The van der Waals surface area contributed by atoms with Crippen LogP contribution in [0.25, 0.3) is 31.8 Å². The lowest BCUT2D eigenvalue weighted by molar-refractivity contribution is -0.277. The van der Waals surface area contributed by atoms with Crippen LogP contribution in [-0.2, 0) is 54.6 Å². The first-order valence-corrected chi connectivity index (χ1v) is 30.4. The summed E-state index contributed by atoms with van der Waals surface area (Å²) in [6.45, 7) is 8.63. The molecule has 3 aromatic heterocycles. The molecule has 4 bridgehead atoms. The van der Waals surface area contributed by atoms with Crippen molar-refractivity contribution in [2.75, 3.05) is 68.6 Å². The number of hydrogen-bond donors (Lipinski definition) is 7. The van der Waals surface area contributed by atoms with Crippen LogP contribution < -0.4 is 20.3 Å². The van der Waals surface area contributed by atoms with Gasteiger partial charge in [0.05, 0.1) is 47.5 Å². The molecule has 3 amide bonds. The summed E-state index contributed by atoms with van der Waals surface area (Å²) >= 11 is 1.41. The maximum Gasteiger partial charge on any atom is 0.414 e. The molecule has 3 aromatic carbocycles. The van der Waals surface area contributed by atoms with Gasteiger partial charge in [-0.05, 0) is 133 Å². The molecule has 90 heavy (non-hydrogen) atoms. The molecule has 28 heteroatoms. The molecule has 476 valence electrons. The van der Waals surface area contributed by atoms with Crippen molar-refractivity contribution in [2.45, 2.75) is 122 Å². The number of likely N-dealkylation sites (N-methyl/N-ethyl adjacent to an activating group) is 1. The topological polar surface area (TPSA) is 365 Å². The van der Waals surface area contributed by atoms with Crippen molar-refractivity contribution in [2.24, 2.45) is 21.4 Å². The first-order valence-electron chi connectivity index (χ1n) is 29.6. The van der Waals surface area contributed by atoms with Gasteiger partial charge in [-0.3, -0.25) is 20.1 Å². The van der Waals surface area contributed by atoms with E-state index in [1.54, 1.807) is 31.4 Å². The number of amides is 3. The Morgan fingerprint density at radius 3 is 2.42 bits per heavy atom. The van der Waals surface area contributed by atoms with Crippen molar-refractivity contribution in [3.63, 3.8) is 0 Å². The fourth-order valence-corrected chi connectivity index (χ4v) is 15.8. The Hall–Kier alpha value is -8.47.